The van der Waals surface area contributed by atoms with Gasteiger partial charge in [-0.1, -0.05) is 164 Å². The van der Waals surface area contributed by atoms with Crippen LogP contribution in [0, 0.1) is 0 Å². The Balaban J connectivity index is 0.948. The Morgan fingerprint density at radius 1 is 0.262 bits per heavy atom. The molecule has 2 aromatic heterocycles. The summed E-state index contributed by atoms with van der Waals surface area (Å²) in [5.74, 6) is 0. The largest absolute Gasteiger partial charge is 0.456 e. The van der Waals surface area contributed by atoms with Crippen molar-refractivity contribution in [3.05, 3.63) is 224 Å². The highest BCUT2D eigenvalue weighted by Gasteiger charge is 2.18. The van der Waals surface area contributed by atoms with Crippen LogP contribution in [-0.2, 0) is 0 Å². The molecule has 10 aromatic carbocycles. The van der Waals surface area contributed by atoms with Gasteiger partial charge in [0.1, 0.15) is 22.3 Å². The van der Waals surface area contributed by atoms with Crippen molar-refractivity contribution in [2.75, 3.05) is 4.90 Å². The molecule has 0 fully saturated rings. The van der Waals surface area contributed by atoms with E-state index in [-0.39, 0.29) is 0 Å². The fourth-order valence-electron chi connectivity index (χ4n) is 9.20. The number of fused-ring (bicyclic) bond motifs is 7. The summed E-state index contributed by atoms with van der Waals surface area (Å²) >= 11 is 0. The smallest absolute Gasteiger partial charge is 0.136 e. The molecule has 61 heavy (non-hydrogen) atoms. The summed E-state index contributed by atoms with van der Waals surface area (Å²) in [6.07, 6.45) is 0. The fourth-order valence-corrected chi connectivity index (χ4v) is 9.20. The molecule has 0 aliphatic rings. The van der Waals surface area contributed by atoms with Crippen LogP contribution in [0.25, 0.3) is 99.2 Å². The number of benzene rings is 10. The van der Waals surface area contributed by atoms with E-state index in [2.05, 4.69) is 205 Å². The molecule has 0 aliphatic heterocycles. The van der Waals surface area contributed by atoms with Gasteiger partial charge >= 0.3 is 0 Å². The van der Waals surface area contributed by atoms with E-state index in [1.54, 1.807) is 0 Å². The molecule has 0 aliphatic carbocycles. The van der Waals surface area contributed by atoms with Crippen LogP contribution in [0.15, 0.2) is 233 Å². The first kappa shape index (κ1) is 34.9. The summed E-state index contributed by atoms with van der Waals surface area (Å²) in [5.41, 5.74) is 16.1. The molecule has 0 spiro atoms. The molecule has 3 nitrogen and oxygen atoms in total. The highest BCUT2D eigenvalue weighted by Crippen LogP contribution is 2.43. The standard InChI is InChI=1S/C58H37NO2/c1-2-15-47-40(11-1)12-8-18-48(47)41-27-25-38(26-28-41)39-29-33-44(34-30-39)59(45-35-31-42(32-36-45)49-19-9-23-55-57(49)51-16-3-5-21-53(51)60-55)46-14-7-13-43(37-46)50-20-10-24-56-58(50)52-17-4-6-22-54(52)61-56/h1-37H. The molecule has 0 radical (unpaired) electrons. The molecule has 12 aromatic rings. The Bertz CT molecular complexity index is 3570. The first-order chi connectivity index (χ1) is 30.2. The van der Waals surface area contributed by atoms with Crippen LogP contribution in [0.1, 0.15) is 0 Å². The van der Waals surface area contributed by atoms with E-state index in [1.165, 1.54) is 27.5 Å². The van der Waals surface area contributed by atoms with Gasteiger partial charge in [-0.2, -0.15) is 0 Å². The fraction of sp³-hybridized carbons (Fsp3) is 0. The predicted molar refractivity (Wildman–Crippen MR) is 255 cm³/mol. The summed E-state index contributed by atoms with van der Waals surface area (Å²) in [4.78, 5) is 2.35. The Morgan fingerprint density at radius 2 is 0.689 bits per heavy atom. The van der Waals surface area contributed by atoms with Crippen LogP contribution in [-0.4, -0.2) is 0 Å². The van der Waals surface area contributed by atoms with Gasteiger partial charge in [-0.25, -0.2) is 0 Å². The Morgan fingerprint density at radius 3 is 1.33 bits per heavy atom. The predicted octanol–water partition coefficient (Wildman–Crippen LogP) is 16.8. The molecule has 0 amide bonds. The quantitative estimate of drug-likeness (QED) is 0.161. The molecule has 0 saturated heterocycles. The lowest BCUT2D eigenvalue weighted by atomic mass is 9.96. The van der Waals surface area contributed by atoms with Gasteiger partial charge in [0.15, 0.2) is 0 Å². The van der Waals surface area contributed by atoms with Gasteiger partial charge < -0.3 is 13.7 Å². The Labute approximate surface area is 353 Å². The van der Waals surface area contributed by atoms with Gasteiger partial charge in [0.25, 0.3) is 0 Å². The second kappa shape index (κ2) is 14.3. The molecular formula is C58H37NO2. The van der Waals surface area contributed by atoms with Crippen molar-refractivity contribution in [2.45, 2.75) is 0 Å². The van der Waals surface area contributed by atoms with E-state index < -0.39 is 0 Å². The van der Waals surface area contributed by atoms with E-state index in [9.17, 15) is 0 Å². The van der Waals surface area contributed by atoms with Crippen LogP contribution >= 0.6 is 0 Å². The maximum Gasteiger partial charge on any atom is 0.136 e. The zero-order valence-corrected chi connectivity index (χ0v) is 33.1. The third kappa shape index (κ3) is 5.98. The lowest BCUT2D eigenvalue weighted by Gasteiger charge is -2.26. The third-order valence-corrected chi connectivity index (χ3v) is 12.1. The first-order valence-electron chi connectivity index (χ1n) is 20.7. The van der Waals surface area contributed by atoms with Crippen molar-refractivity contribution in [1.82, 2.24) is 0 Å². The van der Waals surface area contributed by atoms with Crippen molar-refractivity contribution >= 4 is 71.7 Å². The molecular weight excluding hydrogens is 743 g/mol. The number of rotatable bonds is 7. The number of nitrogens with zero attached hydrogens (tertiary/aromatic N) is 1. The van der Waals surface area contributed by atoms with Gasteiger partial charge in [-0.15, -0.1) is 0 Å². The van der Waals surface area contributed by atoms with Crippen molar-refractivity contribution < 1.29 is 8.83 Å². The number of anilines is 3. The number of hydrogen-bond acceptors (Lipinski definition) is 3. The van der Waals surface area contributed by atoms with E-state index in [0.717, 1.165) is 88.8 Å². The summed E-state index contributed by atoms with van der Waals surface area (Å²) in [6.45, 7) is 0. The molecule has 0 unspecified atom stereocenters. The lowest BCUT2D eigenvalue weighted by Crippen LogP contribution is -2.10. The highest BCUT2D eigenvalue weighted by molar-refractivity contribution is 6.13. The molecule has 2 heterocycles. The number of para-hydroxylation sites is 2. The monoisotopic (exact) mass is 779 g/mol. The Kier molecular flexibility index (Phi) is 8.17. The average molecular weight is 780 g/mol. The second-order valence-corrected chi connectivity index (χ2v) is 15.6. The molecule has 12 rings (SSSR count). The van der Waals surface area contributed by atoms with E-state index in [0.29, 0.717) is 0 Å². The second-order valence-electron chi connectivity index (χ2n) is 15.6. The summed E-state index contributed by atoms with van der Waals surface area (Å²) in [7, 11) is 0. The molecule has 0 saturated carbocycles. The van der Waals surface area contributed by atoms with Gasteiger partial charge in [0, 0.05) is 38.6 Å². The van der Waals surface area contributed by atoms with Gasteiger partial charge in [0.2, 0.25) is 0 Å². The van der Waals surface area contributed by atoms with E-state index in [4.69, 9.17) is 8.83 Å². The average Bonchev–Trinajstić information content (AvgIpc) is 3.91. The van der Waals surface area contributed by atoms with Gasteiger partial charge in [0.05, 0.1) is 0 Å². The molecule has 286 valence electrons. The zero-order chi connectivity index (χ0) is 40.3. The third-order valence-electron chi connectivity index (χ3n) is 12.1. The molecule has 0 atom stereocenters. The summed E-state index contributed by atoms with van der Waals surface area (Å²) in [5, 5.41) is 7.02. The SMILES string of the molecule is c1cc(-c2cccc3oc4ccccc4c23)cc(N(c2ccc(-c3ccc(-c4cccc5ccccc45)cc3)cc2)c2ccc(-c3cccc4oc5ccccc5c34)cc2)c1. The van der Waals surface area contributed by atoms with Crippen molar-refractivity contribution in [3.8, 4) is 44.5 Å². The van der Waals surface area contributed by atoms with Gasteiger partial charge in [-0.3, -0.25) is 0 Å². The molecule has 0 bridgehead atoms. The topological polar surface area (TPSA) is 29.5 Å². The maximum atomic E-state index is 6.30. The zero-order valence-electron chi connectivity index (χ0n) is 33.1. The lowest BCUT2D eigenvalue weighted by molar-refractivity contribution is 0.668. The summed E-state index contributed by atoms with van der Waals surface area (Å²) in [6, 6.07) is 80.0. The maximum absolute atomic E-state index is 6.30. The van der Waals surface area contributed by atoms with E-state index >= 15 is 0 Å². The van der Waals surface area contributed by atoms with Crippen molar-refractivity contribution in [2.24, 2.45) is 0 Å². The minimum Gasteiger partial charge on any atom is -0.456 e. The summed E-state index contributed by atoms with van der Waals surface area (Å²) < 4.78 is 12.6. The van der Waals surface area contributed by atoms with Crippen LogP contribution in [0.5, 0.6) is 0 Å². The molecule has 0 N–H and O–H groups in total. The van der Waals surface area contributed by atoms with Crippen molar-refractivity contribution in [1.29, 1.82) is 0 Å². The normalized spacial score (nSPS) is 11.6. The molecule has 3 heteroatoms. The van der Waals surface area contributed by atoms with Crippen LogP contribution < -0.4 is 4.90 Å². The van der Waals surface area contributed by atoms with Crippen molar-refractivity contribution in [3.63, 3.8) is 0 Å². The van der Waals surface area contributed by atoms with Gasteiger partial charge in [-0.05, 0) is 116 Å². The van der Waals surface area contributed by atoms with Crippen LogP contribution in [0.4, 0.5) is 17.1 Å². The minimum absolute atomic E-state index is 0.887. The number of hydrogen-bond donors (Lipinski definition) is 0. The highest BCUT2D eigenvalue weighted by atomic mass is 16.3. The van der Waals surface area contributed by atoms with Crippen LogP contribution in [0.3, 0.4) is 0 Å². The minimum atomic E-state index is 0.887. The Hall–Kier alpha value is -8.14. The number of furan rings is 2. The van der Waals surface area contributed by atoms with E-state index in [1.807, 2.05) is 24.3 Å². The first-order valence-corrected chi connectivity index (χ1v) is 20.7. The van der Waals surface area contributed by atoms with Crippen LogP contribution in [0.2, 0.25) is 0 Å².